The number of hydrogen-bond donors (Lipinski definition) is 2. The van der Waals surface area contributed by atoms with Gasteiger partial charge in [0.25, 0.3) is 0 Å². The van der Waals surface area contributed by atoms with Gasteiger partial charge in [0.1, 0.15) is 18.5 Å². The van der Waals surface area contributed by atoms with Crippen molar-refractivity contribution in [2.75, 3.05) is 20.3 Å². The molecule has 5 nitrogen and oxygen atoms in total. The van der Waals surface area contributed by atoms with Crippen molar-refractivity contribution in [2.45, 2.75) is 12.6 Å². The van der Waals surface area contributed by atoms with Crippen LogP contribution in [-0.4, -0.2) is 37.4 Å². The normalized spacial score (nSPS) is 12.3. The molecule has 3 rings (SSSR count). The Kier molecular flexibility index (Phi) is 8.40. The van der Waals surface area contributed by atoms with E-state index in [9.17, 15) is 9.90 Å². The monoisotopic (exact) mass is 417 g/mol. The van der Waals surface area contributed by atoms with Crippen molar-refractivity contribution in [1.29, 1.82) is 0 Å². The quantitative estimate of drug-likeness (QED) is 0.297. The largest absolute Gasteiger partial charge is 0.491 e. The Morgan fingerprint density at radius 1 is 0.968 bits per heavy atom. The summed E-state index contributed by atoms with van der Waals surface area (Å²) in [4.78, 5) is 12.2. The van der Waals surface area contributed by atoms with Crippen LogP contribution in [0.2, 0.25) is 0 Å². The molecule has 0 heterocycles. The summed E-state index contributed by atoms with van der Waals surface area (Å²) in [5.74, 6) is 0.260. The van der Waals surface area contributed by atoms with E-state index in [2.05, 4.69) is 5.32 Å². The Labute approximate surface area is 183 Å². The second-order valence-electron chi connectivity index (χ2n) is 7.07. The average Bonchev–Trinajstić information content (AvgIpc) is 2.82. The summed E-state index contributed by atoms with van der Waals surface area (Å²) in [5, 5.41) is 13.3. The van der Waals surface area contributed by atoms with Gasteiger partial charge < -0.3 is 19.9 Å². The fourth-order valence-corrected chi connectivity index (χ4v) is 3.05. The molecule has 0 aliphatic carbocycles. The molecule has 0 aromatic heterocycles. The molecule has 1 unspecified atom stereocenters. The van der Waals surface area contributed by atoms with Gasteiger partial charge in [-0.3, -0.25) is 0 Å². The zero-order chi connectivity index (χ0) is 21.9. The summed E-state index contributed by atoms with van der Waals surface area (Å²) >= 11 is 0. The minimum atomic E-state index is -0.618. The van der Waals surface area contributed by atoms with Gasteiger partial charge in [-0.1, -0.05) is 72.8 Å². The zero-order valence-electron chi connectivity index (χ0n) is 17.5. The van der Waals surface area contributed by atoms with Crippen molar-refractivity contribution in [1.82, 2.24) is 5.32 Å². The lowest BCUT2D eigenvalue weighted by molar-refractivity contribution is -0.133. The van der Waals surface area contributed by atoms with E-state index in [-0.39, 0.29) is 6.61 Å². The van der Waals surface area contributed by atoms with Crippen LogP contribution in [0.15, 0.2) is 84.9 Å². The average molecular weight is 418 g/mol. The maximum Gasteiger partial charge on any atom is 0.338 e. The molecule has 2 N–H and O–H groups in total. The fraction of sp³-hybridized carbons (Fsp3) is 0.192. The number of esters is 1. The summed E-state index contributed by atoms with van der Waals surface area (Å²) in [7, 11) is 1.37. The predicted octanol–water partition coefficient (Wildman–Crippen LogP) is 3.93. The van der Waals surface area contributed by atoms with Crippen molar-refractivity contribution < 1.29 is 19.4 Å². The Morgan fingerprint density at radius 2 is 1.61 bits per heavy atom. The lowest BCUT2D eigenvalue weighted by atomic mass is 10.0. The minimum absolute atomic E-state index is 0.189. The third kappa shape index (κ3) is 7.10. The van der Waals surface area contributed by atoms with Gasteiger partial charge in [0, 0.05) is 13.1 Å². The van der Waals surface area contributed by atoms with E-state index in [1.165, 1.54) is 12.7 Å². The Hall–Kier alpha value is -3.41. The number of carbonyl (C=O) groups is 1. The first-order valence-electron chi connectivity index (χ1n) is 10.2. The van der Waals surface area contributed by atoms with Crippen molar-refractivity contribution in [2.24, 2.45) is 0 Å². The second-order valence-corrected chi connectivity index (χ2v) is 7.07. The van der Waals surface area contributed by atoms with Crippen LogP contribution in [-0.2, 0) is 16.1 Å². The molecular formula is C26H27NO4. The van der Waals surface area contributed by atoms with E-state index < -0.39 is 12.1 Å². The molecule has 0 fully saturated rings. The highest BCUT2D eigenvalue weighted by atomic mass is 16.5. The Balaban J connectivity index is 1.53. The van der Waals surface area contributed by atoms with Crippen LogP contribution in [0.25, 0.3) is 11.6 Å². The van der Waals surface area contributed by atoms with E-state index >= 15 is 0 Å². The molecule has 1 atom stereocenters. The van der Waals surface area contributed by atoms with Gasteiger partial charge in [-0.15, -0.1) is 0 Å². The van der Waals surface area contributed by atoms with Crippen LogP contribution in [0.1, 0.15) is 16.7 Å². The lowest BCUT2D eigenvalue weighted by Gasteiger charge is -2.13. The highest BCUT2D eigenvalue weighted by Crippen LogP contribution is 2.21. The zero-order valence-corrected chi connectivity index (χ0v) is 17.5. The van der Waals surface area contributed by atoms with Gasteiger partial charge >= 0.3 is 5.97 Å². The molecule has 3 aromatic carbocycles. The standard InChI is InChI=1S/C26H27NO4/c1-30-26(29)25(22-10-6-3-7-11-22)16-20-12-14-24(15-13-20)31-19-23(28)18-27-17-21-8-4-2-5-9-21/h2-16,23,27-28H,17-19H2,1H3. The van der Waals surface area contributed by atoms with E-state index in [0.717, 1.165) is 11.1 Å². The van der Waals surface area contributed by atoms with Crippen molar-refractivity contribution in [3.05, 3.63) is 102 Å². The molecule has 0 saturated carbocycles. The molecule has 0 bridgehead atoms. The van der Waals surface area contributed by atoms with E-state index in [0.29, 0.717) is 24.4 Å². The van der Waals surface area contributed by atoms with Gasteiger partial charge in [-0.2, -0.15) is 0 Å². The van der Waals surface area contributed by atoms with E-state index in [4.69, 9.17) is 9.47 Å². The maximum atomic E-state index is 12.2. The third-order valence-electron chi connectivity index (χ3n) is 4.68. The lowest BCUT2D eigenvalue weighted by Crippen LogP contribution is -2.31. The number of aliphatic hydroxyl groups is 1. The number of benzene rings is 3. The maximum absolute atomic E-state index is 12.2. The van der Waals surface area contributed by atoms with E-state index in [1.807, 2.05) is 84.9 Å². The fourth-order valence-electron chi connectivity index (χ4n) is 3.05. The number of aliphatic hydroxyl groups excluding tert-OH is 1. The molecule has 5 heteroatoms. The van der Waals surface area contributed by atoms with Crippen LogP contribution < -0.4 is 10.1 Å². The summed E-state index contributed by atoms with van der Waals surface area (Å²) in [6, 6.07) is 26.8. The molecule has 0 saturated heterocycles. The van der Waals surface area contributed by atoms with Crippen LogP contribution >= 0.6 is 0 Å². The third-order valence-corrected chi connectivity index (χ3v) is 4.68. The van der Waals surface area contributed by atoms with Gasteiger partial charge in [-0.05, 0) is 34.9 Å². The van der Waals surface area contributed by atoms with Crippen molar-refractivity contribution >= 4 is 17.6 Å². The first kappa shape index (κ1) is 22.3. The molecule has 3 aromatic rings. The second kappa shape index (κ2) is 11.7. The summed E-state index contributed by atoms with van der Waals surface area (Å²) < 4.78 is 10.6. The smallest absolute Gasteiger partial charge is 0.338 e. The van der Waals surface area contributed by atoms with Crippen molar-refractivity contribution in [3.8, 4) is 5.75 Å². The number of methoxy groups -OCH3 is 1. The highest BCUT2D eigenvalue weighted by molar-refractivity contribution is 6.21. The number of nitrogens with one attached hydrogen (secondary N) is 1. The predicted molar refractivity (Wildman–Crippen MR) is 122 cm³/mol. The van der Waals surface area contributed by atoms with E-state index in [1.54, 1.807) is 6.08 Å². The SMILES string of the molecule is COC(=O)C(=Cc1ccc(OCC(O)CNCc2ccccc2)cc1)c1ccccc1. The van der Waals surface area contributed by atoms with Gasteiger partial charge in [0.2, 0.25) is 0 Å². The minimum Gasteiger partial charge on any atom is -0.491 e. The molecule has 160 valence electrons. The number of rotatable bonds is 10. The van der Waals surface area contributed by atoms with Crippen molar-refractivity contribution in [3.63, 3.8) is 0 Å². The highest BCUT2D eigenvalue weighted by Gasteiger charge is 2.12. The van der Waals surface area contributed by atoms with Crippen LogP contribution in [0, 0.1) is 0 Å². The molecule has 0 aliphatic rings. The number of hydrogen-bond acceptors (Lipinski definition) is 5. The molecule has 31 heavy (non-hydrogen) atoms. The summed E-state index contributed by atoms with van der Waals surface area (Å²) in [6.45, 7) is 1.33. The molecule has 0 radical (unpaired) electrons. The van der Waals surface area contributed by atoms with Crippen LogP contribution in [0.5, 0.6) is 5.75 Å². The molecular weight excluding hydrogens is 390 g/mol. The number of carbonyl (C=O) groups excluding carboxylic acids is 1. The Morgan fingerprint density at radius 3 is 2.26 bits per heavy atom. The molecule has 0 spiro atoms. The topological polar surface area (TPSA) is 67.8 Å². The summed E-state index contributed by atoms with van der Waals surface area (Å²) in [6.07, 6.45) is 1.17. The van der Waals surface area contributed by atoms with Gasteiger partial charge in [0.15, 0.2) is 0 Å². The van der Waals surface area contributed by atoms with Gasteiger partial charge in [-0.25, -0.2) is 4.79 Å². The Bertz CT molecular complexity index is 969. The first-order chi connectivity index (χ1) is 15.2. The number of ether oxygens (including phenoxy) is 2. The molecule has 0 aliphatic heterocycles. The molecule has 0 amide bonds. The van der Waals surface area contributed by atoms with Gasteiger partial charge in [0.05, 0.1) is 12.7 Å². The summed E-state index contributed by atoms with van der Waals surface area (Å²) in [5.41, 5.74) is 3.29. The first-order valence-corrected chi connectivity index (χ1v) is 10.2. The van der Waals surface area contributed by atoms with Crippen LogP contribution in [0.3, 0.4) is 0 Å². The van der Waals surface area contributed by atoms with Crippen LogP contribution in [0.4, 0.5) is 0 Å².